The SMILES string of the molecule is COC(=O)C(C)(C)c1nc2ccc(C)cn2n1. The van der Waals surface area contributed by atoms with Gasteiger partial charge in [-0.1, -0.05) is 6.07 Å². The van der Waals surface area contributed by atoms with Crippen molar-refractivity contribution in [3.8, 4) is 0 Å². The number of ether oxygens (including phenoxy) is 1. The van der Waals surface area contributed by atoms with E-state index in [1.807, 2.05) is 25.3 Å². The minimum Gasteiger partial charge on any atom is -0.468 e. The van der Waals surface area contributed by atoms with Crippen molar-refractivity contribution in [1.82, 2.24) is 14.6 Å². The fourth-order valence-corrected chi connectivity index (χ4v) is 1.60. The van der Waals surface area contributed by atoms with E-state index in [4.69, 9.17) is 4.74 Å². The summed E-state index contributed by atoms with van der Waals surface area (Å²) in [6, 6.07) is 3.83. The van der Waals surface area contributed by atoms with Crippen LogP contribution in [0, 0.1) is 6.92 Å². The van der Waals surface area contributed by atoms with E-state index in [-0.39, 0.29) is 5.97 Å². The summed E-state index contributed by atoms with van der Waals surface area (Å²) in [4.78, 5) is 16.0. The van der Waals surface area contributed by atoms with E-state index < -0.39 is 5.41 Å². The van der Waals surface area contributed by atoms with Gasteiger partial charge in [0.05, 0.1) is 7.11 Å². The standard InChI is InChI=1S/C12H15N3O2/c1-8-5-6-9-13-10(14-15(9)7-8)12(2,3)11(16)17-4/h5-7H,1-4H3. The Balaban J connectivity index is 2.53. The zero-order valence-electron chi connectivity index (χ0n) is 10.4. The monoisotopic (exact) mass is 233 g/mol. The van der Waals surface area contributed by atoms with Gasteiger partial charge in [-0.25, -0.2) is 9.50 Å². The minimum atomic E-state index is -0.839. The second kappa shape index (κ2) is 3.84. The number of carbonyl (C=O) groups is 1. The number of fused-ring (bicyclic) bond motifs is 1. The van der Waals surface area contributed by atoms with Crippen molar-refractivity contribution < 1.29 is 9.53 Å². The molecule has 0 aliphatic rings. The smallest absolute Gasteiger partial charge is 0.319 e. The van der Waals surface area contributed by atoms with Gasteiger partial charge < -0.3 is 4.74 Å². The fraction of sp³-hybridized carbons (Fsp3) is 0.417. The van der Waals surface area contributed by atoms with Gasteiger partial charge in [0.2, 0.25) is 0 Å². The van der Waals surface area contributed by atoms with E-state index in [2.05, 4.69) is 10.1 Å². The van der Waals surface area contributed by atoms with E-state index >= 15 is 0 Å². The van der Waals surface area contributed by atoms with E-state index in [0.717, 1.165) is 11.2 Å². The van der Waals surface area contributed by atoms with Crippen LogP contribution in [0.4, 0.5) is 0 Å². The van der Waals surface area contributed by atoms with Crippen molar-refractivity contribution in [3.05, 3.63) is 29.7 Å². The third-order valence-electron chi connectivity index (χ3n) is 2.73. The number of carbonyl (C=O) groups excluding carboxylic acids is 1. The van der Waals surface area contributed by atoms with Crippen LogP contribution in [-0.4, -0.2) is 27.7 Å². The highest BCUT2D eigenvalue weighted by Gasteiger charge is 2.35. The third kappa shape index (κ3) is 1.88. The summed E-state index contributed by atoms with van der Waals surface area (Å²) in [6.07, 6.45) is 1.87. The normalized spacial score (nSPS) is 11.8. The molecule has 5 nitrogen and oxygen atoms in total. The molecule has 0 atom stereocenters. The van der Waals surface area contributed by atoms with Crippen molar-refractivity contribution >= 4 is 11.6 Å². The highest BCUT2D eigenvalue weighted by molar-refractivity contribution is 5.81. The largest absolute Gasteiger partial charge is 0.468 e. The fourth-order valence-electron chi connectivity index (χ4n) is 1.60. The Bertz CT molecular complexity index is 572. The van der Waals surface area contributed by atoms with Crippen molar-refractivity contribution in [1.29, 1.82) is 0 Å². The van der Waals surface area contributed by atoms with Gasteiger partial charge >= 0.3 is 5.97 Å². The highest BCUT2D eigenvalue weighted by Crippen LogP contribution is 2.22. The molecule has 0 saturated heterocycles. The molecule has 5 heteroatoms. The van der Waals surface area contributed by atoms with Gasteiger partial charge in [0, 0.05) is 6.20 Å². The summed E-state index contributed by atoms with van der Waals surface area (Å²) < 4.78 is 6.44. The average molecular weight is 233 g/mol. The summed E-state index contributed by atoms with van der Waals surface area (Å²) in [5, 5.41) is 4.32. The molecule has 0 saturated carbocycles. The molecule has 0 fully saturated rings. The van der Waals surface area contributed by atoms with Crippen LogP contribution < -0.4 is 0 Å². The molecule has 2 aromatic heterocycles. The van der Waals surface area contributed by atoms with E-state index in [1.54, 1.807) is 18.4 Å². The van der Waals surface area contributed by atoms with E-state index in [9.17, 15) is 4.79 Å². The zero-order valence-corrected chi connectivity index (χ0v) is 10.4. The molecule has 0 radical (unpaired) electrons. The van der Waals surface area contributed by atoms with E-state index in [0.29, 0.717) is 5.82 Å². The predicted molar refractivity (Wildman–Crippen MR) is 62.8 cm³/mol. The molecule has 0 unspecified atom stereocenters. The van der Waals surface area contributed by atoms with Crippen molar-refractivity contribution in [2.75, 3.05) is 7.11 Å². The predicted octanol–water partition coefficient (Wildman–Crippen LogP) is 1.49. The molecule has 0 bridgehead atoms. The van der Waals surface area contributed by atoms with Gasteiger partial charge in [0.25, 0.3) is 0 Å². The number of rotatable bonds is 2. The first-order valence-corrected chi connectivity index (χ1v) is 5.37. The van der Waals surface area contributed by atoms with E-state index in [1.165, 1.54) is 7.11 Å². The Morgan fingerprint density at radius 2 is 2.12 bits per heavy atom. The summed E-state index contributed by atoms with van der Waals surface area (Å²) in [7, 11) is 1.37. The first-order valence-electron chi connectivity index (χ1n) is 5.37. The van der Waals surface area contributed by atoms with Crippen LogP contribution in [0.15, 0.2) is 18.3 Å². The summed E-state index contributed by atoms with van der Waals surface area (Å²) in [5.74, 6) is 0.125. The first-order chi connectivity index (χ1) is 7.95. The molecule has 0 N–H and O–H groups in total. The van der Waals surface area contributed by atoms with Gasteiger partial charge in [-0.05, 0) is 32.4 Å². The van der Waals surface area contributed by atoms with Crippen LogP contribution in [0.2, 0.25) is 0 Å². The van der Waals surface area contributed by atoms with Crippen LogP contribution in [0.25, 0.3) is 5.65 Å². The summed E-state index contributed by atoms with van der Waals surface area (Å²) >= 11 is 0. The zero-order chi connectivity index (χ0) is 12.6. The number of aryl methyl sites for hydroxylation is 1. The van der Waals surface area contributed by atoms with Crippen molar-refractivity contribution in [3.63, 3.8) is 0 Å². The number of hydrogen-bond donors (Lipinski definition) is 0. The molecular formula is C12H15N3O2. The molecule has 0 aliphatic heterocycles. The molecule has 90 valence electrons. The second-order valence-electron chi connectivity index (χ2n) is 4.56. The molecular weight excluding hydrogens is 218 g/mol. The van der Waals surface area contributed by atoms with Crippen LogP contribution in [0.1, 0.15) is 25.2 Å². The number of nitrogens with zero attached hydrogens (tertiary/aromatic N) is 3. The molecule has 2 aromatic rings. The van der Waals surface area contributed by atoms with Gasteiger partial charge in [0.1, 0.15) is 5.41 Å². The maximum absolute atomic E-state index is 11.7. The lowest BCUT2D eigenvalue weighted by atomic mass is 9.93. The Labute approximate surface area is 99.4 Å². The topological polar surface area (TPSA) is 56.5 Å². The lowest BCUT2D eigenvalue weighted by Crippen LogP contribution is -2.31. The minimum absolute atomic E-state index is 0.342. The number of methoxy groups -OCH3 is 1. The quantitative estimate of drug-likeness (QED) is 0.737. The Hall–Kier alpha value is -1.91. The van der Waals surface area contributed by atoms with Crippen molar-refractivity contribution in [2.24, 2.45) is 0 Å². The van der Waals surface area contributed by atoms with Crippen LogP contribution in [-0.2, 0) is 14.9 Å². The van der Waals surface area contributed by atoms with Crippen LogP contribution in [0.5, 0.6) is 0 Å². The second-order valence-corrected chi connectivity index (χ2v) is 4.56. The first kappa shape index (κ1) is 11.6. The molecule has 17 heavy (non-hydrogen) atoms. The molecule has 2 rings (SSSR count). The molecule has 0 spiro atoms. The Kier molecular flexibility index (Phi) is 2.61. The summed E-state index contributed by atoms with van der Waals surface area (Å²) in [6.45, 7) is 5.48. The molecule has 0 amide bonds. The third-order valence-corrected chi connectivity index (χ3v) is 2.73. The Morgan fingerprint density at radius 3 is 2.76 bits per heavy atom. The molecule has 2 heterocycles. The van der Waals surface area contributed by atoms with Gasteiger partial charge in [-0.15, -0.1) is 0 Å². The maximum Gasteiger partial charge on any atom is 0.319 e. The van der Waals surface area contributed by atoms with Crippen LogP contribution in [0.3, 0.4) is 0 Å². The number of esters is 1. The summed E-state index contributed by atoms with van der Waals surface area (Å²) in [5.41, 5.74) is 0.974. The lowest BCUT2D eigenvalue weighted by Gasteiger charge is -2.16. The number of hydrogen-bond acceptors (Lipinski definition) is 4. The average Bonchev–Trinajstić information content (AvgIpc) is 2.71. The lowest BCUT2D eigenvalue weighted by molar-refractivity contribution is -0.146. The highest BCUT2D eigenvalue weighted by atomic mass is 16.5. The molecule has 0 aliphatic carbocycles. The Morgan fingerprint density at radius 1 is 1.41 bits per heavy atom. The maximum atomic E-state index is 11.7. The van der Waals surface area contributed by atoms with Gasteiger partial charge in [0.15, 0.2) is 11.5 Å². The van der Waals surface area contributed by atoms with Gasteiger partial charge in [-0.2, -0.15) is 5.10 Å². The number of pyridine rings is 1. The van der Waals surface area contributed by atoms with Crippen molar-refractivity contribution in [2.45, 2.75) is 26.2 Å². The van der Waals surface area contributed by atoms with Gasteiger partial charge in [-0.3, -0.25) is 4.79 Å². The number of aromatic nitrogens is 3. The van der Waals surface area contributed by atoms with Crippen LogP contribution >= 0.6 is 0 Å². The molecule has 0 aromatic carbocycles.